The van der Waals surface area contributed by atoms with E-state index < -0.39 is 0 Å². The van der Waals surface area contributed by atoms with Crippen LogP contribution < -0.4 is 0 Å². The van der Waals surface area contributed by atoms with Crippen molar-refractivity contribution in [3.63, 3.8) is 0 Å². The summed E-state index contributed by atoms with van der Waals surface area (Å²) in [5.74, 6) is 0. The highest BCUT2D eigenvalue weighted by Gasteiger charge is 2.22. The summed E-state index contributed by atoms with van der Waals surface area (Å²) >= 11 is 0. The molecule has 1 heterocycles. The Labute approximate surface area is 44.0 Å². The van der Waals surface area contributed by atoms with E-state index in [2.05, 4.69) is 13.0 Å². The number of epoxide rings is 1. The Morgan fingerprint density at radius 1 is 1.86 bits per heavy atom. The van der Waals surface area contributed by atoms with Crippen molar-refractivity contribution in [1.82, 2.24) is 0 Å². The molecule has 0 saturated carbocycles. The van der Waals surface area contributed by atoms with E-state index in [1.165, 1.54) is 5.57 Å². The fourth-order valence-corrected chi connectivity index (χ4v) is 0.497. The fourth-order valence-electron chi connectivity index (χ4n) is 0.497. The first kappa shape index (κ1) is 4.85. The zero-order chi connectivity index (χ0) is 5.28. The van der Waals surface area contributed by atoms with Crippen molar-refractivity contribution in [1.29, 1.82) is 0 Å². The van der Waals surface area contributed by atoms with Gasteiger partial charge in [-0.3, -0.25) is 0 Å². The minimum absolute atomic E-state index is 0.477. The van der Waals surface area contributed by atoms with Gasteiger partial charge < -0.3 is 4.74 Å². The van der Waals surface area contributed by atoms with Gasteiger partial charge in [0.05, 0.1) is 6.61 Å². The smallest absolute Gasteiger partial charge is 0.102 e. The molecule has 1 fully saturated rings. The summed E-state index contributed by atoms with van der Waals surface area (Å²) in [5, 5.41) is 0. The number of hydrogen-bond donors (Lipinski definition) is 0. The molecule has 0 radical (unpaired) electrons. The maximum atomic E-state index is 4.99. The van der Waals surface area contributed by atoms with E-state index in [4.69, 9.17) is 4.74 Å². The lowest BCUT2D eigenvalue weighted by molar-refractivity contribution is 0.431. The van der Waals surface area contributed by atoms with Crippen LogP contribution in [0.1, 0.15) is 13.8 Å². The summed E-state index contributed by atoms with van der Waals surface area (Å²) in [6.45, 7) is 5.07. The lowest BCUT2D eigenvalue weighted by Gasteiger charge is -1.85. The minimum atomic E-state index is 0.477. The highest BCUT2D eigenvalue weighted by atomic mass is 16.6. The molecule has 0 aromatic rings. The molecule has 1 unspecified atom stereocenters. The summed E-state index contributed by atoms with van der Waals surface area (Å²) in [6, 6.07) is 0. The van der Waals surface area contributed by atoms with E-state index in [0.29, 0.717) is 6.10 Å². The third kappa shape index (κ3) is 1.03. The van der Waals surface area contributed by atoms with Crippen LogP contribution >= 0.6 is 0 Å². The topological polar surface area (TPSA) is 12.5 Å². The normalized spacial score (nSPS) is 30.6. The van der Waals surface area contributed by atoms with Crippen molar-refractivity contribution >= 4 is 0 Å². The molecule has 1 nitrogen and oxygen atoms in total. The molecule has 0 N–H and O–H groups in total. The van der Waals surface area contributed by atoms with Gasteiger partial charge >= 0.3 is 0 Å². The molecule has 0 aromatic heterocycles. The molecule has 0 aliphatic carbocycles. The summed E-state index contributed by atoms with van der Waals surface area (Å²) in [5.41, 5.74) is 1.36. The van der Waals surface area contributed by atoms with Gasteiger partial charge in [-0.05, 0) is 19.4 Å². The van der Waals surface area contributed by atoms with Crippen molar-refractivity contribution < 1.29 is 4.74 Å². The Kier molecular flexibility index (Phi) is 1.15. The highest BCUT2D eigenvalue weighted by Crippen LogP contribution is 2.17. The molecule has 1 heteroatoms. The molecule has 0 bridgehead atoms. The molecular weight excluding hydrogens is 88.1 g/mol. The Morgan fingerprint density at radius 3 is 2.57 bits per heavy atom. The third-order valence-electron chi connectivity index (χ3n) is 1.30. The van der Waals surface area contributed by atoms with Crippen LogP contribution in [0, 0.1) is 0 Å². The standard InChI is InChI=1S/C6H10O/c1-3-5(2)6-4-7-6/h3,6H,4H2,1-2H3/b5-3-. The van der Waals surface area contributed by atoms with Gasteiger partial charge in [0.2, 0.25) is 0 Å². The summed E-state index contributed by atoms with van der Waals surface area (Å²) in [6.07, 6.45) is 2.57. The lowest BCUT2D eigenvalue weighted by atomic mass is 10.2. The number of hydrogen-bond acceptors (Lipinski definition) is 1. The van der Waals surface area contributed by atoms with Gasteiger partial charge in [-0.2, -0.15) is 0 Å². The fraction of sp³-hybridized carbons (Fsp3) is 0.667. The van der Waals surface area contributed by atoms with Crippen LogP contribution in [0.25, 0.3) is 0 Å². The molecule has 0 amide bonds. The first-order chi connectivity index (χ1) is 3.34. The van der Waals surface area contributed by atoms with E-state index in [0.717, 1.165) is 6.61 Å². The Morgan fingerprint density at radius 2 is 2.43 bits per heavy atom. The SMILES string of the molecule is C/C=C(/C)C1CO1. The van der Waals surface area contributed by atoms with Gasteiger partial charge in [-0.1, -0.05) is 6.08 Å². The maximum Gasteiger partial charge on any atom is 0.102 e. The van der Waals surface area contributed by atoms with Crippen LogP contribution in [0.3, 0.4) is 0 Å². The van der Waals surface area contributed by atoms with E-state index >= 15 is 0 Å². The summed E-state index contributed by atoms with van der Waals surface area (Å²) in [7, 11) is 0. The lowest BCUT2D eigenvalue weighted by Crippen LogP contribution is -1.83. The highest BCUT2D eigenvalue weighted by molar-refractivity contribution is 5.08. The van der Waals surface area contributed by atoms with Gasteiger partial charge in [-0.15, -0.1) is 0 Å². The average Bonchev–Trinajstić information content (AvgIpc) is 2.44. The van der Waals surface area contributed by atoms with E-state index in [1.54, 1.807) is 0 Å². The molecule has 1 saturated heterocycles. The van der Waals surface area contributed by atoms with Crippen LogP contribution in [0.15, 0.2) is 11.6 Å². The molecule has 1 aliphatic rings. The van der Waals surface area contributed by atoms with Crippen molar-refractivity contribution in [3.8, 4) is 0 Å². The second-order valence-corrected chi connectivity index (χ2v) is 1.85. The molecule has 0 spiro atoms. The van der Waals surface area contributed by atoms with Gasteiger partial charge in [0.1, 0.15) is 6.10 Å². The molecule has 40 valence electrons. The van der Waals surface area contributed by atoms with Crippen LogP contribution in [0.2, 0.25) is 0 Å². The second-order valence-electron chi connectivity index (χ2n) is 1.85. The maximum absolute atomic E-state index is 4.99. The molecule has 1 aliphatic heterocycles. The zero-order valence-corrected chi connectivity index (χ0v) is 4.77. The molecular formula is C6H10O. The van der Waals surface area contributed by atoms with Crippen molar-refractivity contribution in [2.45, 2.75) is 20.0 Å². The monoisotopic (exact) mass is 98.1 g/mol. The van der Waals surface area contributed by atoms with E-state index in [-0.39, 0.29) is 0 Å². The van der Waals surface area contributed by atoms with Gasteiger partial charge in [0.15, 0.2) is 0 Å². The van der Waals surface area contributed by atoms with E-state index in [9.17, 15) is 0 Å². The van der Waals surface area contributed by atoms with Crippen molar-refractivity contribution in [2.24, 2.45) is 0 Å². The Bertz CT molecular complexity index is 90.4. The van der Waals surface area contributed by atoms with Crippen molar-refractivity contribution in [2.75, 3.05) is 6.61 Å². The zero-order valence-electron chi connectivity index (χ0n) is 4.77. The summed E-state index contributed by atoms with van der Waals surface area (Å²) in [4.78, 5) is 0. The van der Waals surface area contributed by atoms with Crippen LogP contribution in [-0.4, -0.2) is 12.7 Å². The predicted molar refractivity (Wildman–Crippen MR) is 29.2 cm³/mol. The molecule has 7 heavy (non-hydrogen) atoms. The summed E-state index contributed by atoms with van der Waals surface area (Å²) < 4.78 is 4.99. The van der Waals surface area contributed by atoms with Crippen LogP contribution in [-0.2, 0) is 4.74 Å². The van der Waals surface area contributed by atoms with E-state index in [1.807, 2.05) is 6.92 Å². The number of rotatable bonds is 1. The van der Waals surface area contributed by atoms with Crippen LogP contribution in [0.4, 0.5) is 0 Å². The largest absolute Gasteiger partial charge is 0.368 e. The van der Waals surface area contributed by atoms with Crippen LogP contribution in [0.5, 0.6) is 0 Å². The van der Waals surface area contributed by atoms with Gasteiger partial charge in [0, 0.05) is 0 Å². The molecule has 0 aromatic carbocycles. The predicted octanol–water partition coefficient (Wildman–Crippen LogP) is 1.35. The Balaban J connectivity index is 2.37. The van der Waals surface area contributed by atoms with Crippen molar-refractivity contribution in [3.05, 3.63) is 11.6 Å². The molecule has 1 rings (SSSR count). The minimum Gasteiger partial charge on any atom is -0.368 e. The quantitative estimate of drug-likeness (QED) is 0.356. The first-order valence-electron chi connectivity index (χ1n) is 2.59. The number of allylic oxidation sites excluding steroid dienone is 1. The number of ether oxygens (including phenoxy) is 1. The third-order valence-corrected chi connectivity index (χ3v) is 1.30. The second kappa shape index (κ2) is 1.66. The average molecular weight is 98.1 g/mol. The Hall–Kier alpha value is -0.300. The first-order valence-corrected chi connectivity index (χ1v) is 2.59. The molecule has 1 atom stereocenters. The van der Waals surface area contributed by atoms with Gasteiger partial charge in [0.25, 0.3) is 0 Å². The van der Waals surface area contributed by atoms with Gasteiger partial charge in [-0.25, -0.2) is 0 Å².